The van der Waals surface area contributed by atoms with Crippen LogP contribution in [0.15, 0.2) is 12.5 Å². The second-order valence-corrected chi connectivity index (χ2v) is 7.09. The maximum absolute atomic E-state index is 11.9. The molecule has 0 aliphatic carbocycles. The summed E-state index contributed by atoms with van der Waals surface area (Å²) in [7, 11) is 1.62. The van der Waals surface area contributed by atoms with Crippen molar-refractivity contribution in [3.8, 4) is 0 Å². The molecule has 1 aliphatic heterocycles. The second-order valence-electron chi connectivity index (χ2n) is 4.27. The number of anilines is 1. The molecule has 2 rings (SSSR count). The van der Waals surface area contributed by atoms with Crippen molar-refractivity contribution in [3.05, 3.63) is 18.2 Å². The Kier molecular flexibility index (Phi) is 3.54. The minimum Gasteiger partial charge on any atom is -0.309 e. The van der Waals surface area contributed by atoms with Gasteiger partial charge >= 0.3 is 0 Å². The van der Waals surface area contributed by atoms with Crippen LogP contribution < -0.4 is 4.90 Å². The molecule has 1 amide bonds. The van der Waals surface area contributed by atoms with Crippen molar-refractivity contribution in [3.63, 3.8) is 0 Å². The Morgan fingerprint density at radius 2 is 2.28 bits per heavy atom. The first-order valence-electron chi connectivity index (χ1n) is 5.36. The highest BCUT2D eigenvalue weighted by Crippen LogP contribution is 2.27. The van der Waals surface area contributed by atoms with Crippen LogP contribution in [0.1, 0.15) is 12.1 Å². The molecular formula is C10H12ClN3O3S. The third kappa shape index (κ3) is 2.97. The van der Waals surface area contributed by atoms with Gasteiger partial charge in [-0.25, -0.2) is 18.4 Å². The van der Waals surface area contributed by atoms with Crippen LogP contribution >= 0.6 is 10.7 Å². The van der Waals surface area contributed by atoms with E-state index < -0.39 is 9.05 Å². The van der Waals surface area contributed by atoms with Gasteiger partial charge in [-0.1, -0.05) is 0 Å². The molecule has 1 aromatic heterocycles. The van der Waals surface area contributed by atoms with Gasteiger partial charge in [-0.3, -0.25) is 4.79 Å². The molecule has 0 N–H and O–H groups in total. The largest absolute Gasteiger partial charge is 0.309 e. The number of hydrogen-bond acceptors (Lipinski definition) is 5. The molecule has 0 spiro atoms. The van der Waals surface area contributed by atoms with Crippen molar-refractivity contribution in [1.82, 2.24) is 9.97 Å². The van der Waals surface area contributed by atoms with E-state index in [0.29, 0.717) is 17.9 Å². The van der Waals surface area contributed by atoms with Crippen LogP contribution in [0, 0.1) is 12.8 Å². The van der Waals surface area contributed by atoms with Gasteiger partial charge in [0.15, 0.2) is 0 Å². The van der Waals surface area contributed by atoms with Gasteiger partial charge in [-0.2, -0.15) is 0 Å². The summed E-state index contributed by atoms with van der Waals surface area (Å²) in [6.07, 6.45) is 3.14. The summed E-state index contributed by atoms with van der Waals surface area (Å²) in [6, 6.07) is 0. The van der Waals surface area contributed by atoms with Crippen LogP contribution in [0.5, 0.6) is 0 Å². The Labute approximate surface area is 109 Å². The molecule has 1 aromatic rings. The number of hydrogen-bond donors (Lipinski definition) is 0. The molecule has 1 aliphatic rings. The predicted octanol–water partition coefficient (Wildman–Crippen LogP) is 0.707. The topological polar surface area (TPSA) is 80.2 Å². The van der Waals surface area contributed by atoms with Crippen molar-refractivity contribution in [1.29, 1.82) is 0 Å². The summed E-state index contributed by atoms with van der Waals surface area (Å²) in [5, 5.41) is 0. The first-order valence-corrected chi connectivity index (χ1v) is 7.84. The number of aryl methyl sites for hydroxylation is 1. The van der Waals surface area contributed by atoms with E-state index in [4.69, 9.17) is 10.7 Å². The number of halogens is 1. The molecule has 0 bridgehead atoms. The lowest BCUT2D eigenvalue weighted by atomic mass is 10.1. The van der Waals surface area contributed by atoms with Crippen LogP contribution in [-0.2, 0) is 13.8 Å². The lowest BCUT2D eigenvalue weighted by molar-refractivity contribution is -0.117. The summed E-state index contributed by atoms with van der Waals surface area (Å²) in [6.45, 7) is 2.11. The predicted molar refractivity (Wildman–Crippen MR) is 66.9 cm³/mol. The van der Waals surface area contributed by atoms with Gasteiger partial charge in [-0.05, 0) is 6.92 Å². The standard InChI is InChI=1S/C10H12ClN3O3S/c1-7-9(3-12-6-13-7)14-4-8(2-10(14)15)5-18(11,16)17/h3,6,8H,2,4-5H2,1H3. The number of amides is 1. The van der Waals surface area contributed by atoms with E-state index >= 15 is 0 Å². The molecule has 0 aromatic carbocycles. The molecular weight excluding hydrogens is 278 g/mol. The van der Waals surface area contributed by atoms with Crippen molar-refractivity contribution >= 4 is 31.3 Å². The minimum absolute atomic E-state index is 0.127. The Balaban J connectivity index is 2.18. The molecule has 2 heterocycles. The fourth-order valence-electron chi connectivity index (χ4n) is 2.06. The lowest BCUT2D eigenvalue weighted by Gasteiger charge is -2.17. The van der Waals surface area contributed by atoms with Crippen LogP contribution in [0.25, 0.3) is 0 Å². The van der Waals surface area contributed by atoms with E-state index in [0.717, 1.165) is 0 Å². The van der Waals surface area contributed by atoms with E-state index in [-0.39, 0.29) is 24.0 Å². The van der Waals surface area contributed by atoms with E-state index in [1.165, 1.54) is 11.2 Å². The Morgan fingerprint density at radius 1 is 1.56 bits per heavy atom. The van der Waals surface area contributed by atoms with Crippen LogP contribution in [-0.4, -0.2) is 36.6 Å². The highest BCUT2D eigenvalue weighted by atomic mass is 35.7. The summed E-state index contributed by atoms with van der Waals surface area (Å²) in [4.78, 5) is 21.3. The van der Waals surface area contributed by atoms with Gasteiger partial charge in [0.2, 0.25) is 15.0 Å². The van der Waals surface area contributed by atoms with E-state index in [1.807, 2.05) is 0 Å². The van der Waals surface area contributed by atoms with Crippen molar-refractivity contribution in [2.45, 2.75) is 13.3 Å². The molecule has 18 heavy (non-hydrogen) atoms. The van der Waals surface area contributed by atoms with E-state index in [2.05, 4.69) is 9.97 Å². The molecule has 0 radical (unpaired) electrons. The normalized spacial score (nSPS) is 20.4. The van der Waals surface area contributed by atoms with Crippen LogP contribution in [0.2, 0.25) is 0 Å². The van der Waals surface area contributed by atoms with Crippen molar-refractivity contribution in [2.75, 3.05) is 17.2 Å². The number of carbonyl (C=O) groups is 1. The maximum atomic E-state index is 11.9. The summed E-state index contributed by atoms with van der Waals surface area (Å²) >= 11 is 0. The Bertz CT molecular complexity index is 575. The van der Waals surface area contributed by atoms with Gasteiger partial charge in [-0.15, -0.1) is 0 Å². The number of carbonyl (C=O) groups excluding carboxylic acids is 1. The smallest absolute Gasteiger partial charge is 0.232 e. The van der Waals surface area contributed by atoms with Gasteiger partial charge < -0.3 is 4.90 Å². The van der Waals surface area contributed by atoms with E-state index in [9.17, 15) is 13.2 Å². The van der Waals surface area contributed by atoms with Gasteiger partial charge in [0.1, 0.15) is 6.33 Å². The molecule has 1 saturated heterocycles. The molecule has 1 atom stereocenters. The number of nitrogens with zero attached hydrogens (tertiary/aromatic N) is 3. The second kappa shape index (κ2) is 4.81. The highest BCUT2D eigenvalue weighted by molar-refractivity contribution is 8.13. The number of aromatic nitrogens is 2. The van der Waals surface area contributed by atoms with Crippen molar-refractivity contribution < 1.29 is 13.2 Å². The minimum atomic E-state index is -3.58. The molecule has 1 unspecified atom stereocenters. The molecule has 8 heteroatoms. The fourth-order valence-corrected chi connectivity index (χ4v) is 3.38. The average molecular weight is 290 g/mol. The third-order valence-corrected chi connectivity index (χ3v) is 4.06. The van der Waals surface area contributed by atoms with E-state index in [1.54, 1.807) is 13.1 Å². The summed E-state index contributed by atoms with van der Waals surface area (Å²) in [5.74, 6) is -0.596. The average Bonchev–Trinajstić information content (AvgIpc) is 2.57. The third-order valence-electron chi connectivity index (χ3n) is 2.82. The number of rotatable bonds is 3. The first kappa shape index (κ1) is 13.2. The zero-order valence-corrected chi connectivity index (χ0v) is 11.3. The molecule has 6 nitrogen and oxygen atoms in total. The maximum Gasteiger partial charge on any atom is 0.232 e. The highest BCUT2D eigenvalue weighted by Gasteiger charge is 2.34. The summed E-state index contributed by atoms with van der Waals surface area (Å²) < 4.78 is 22.0. The zero-order chi connectivity index (χ0) is 13.3. The SMILES string of the molecule is Cc1ncncc1N1CC(CS(=O)(=O)Cl)CC1=O. The van der Waals surface area contributed by atoms with Crippen molar-refractivity contribution in [2.24, 2.45) is 5.92 Å². The Morgan fingerprint density at radius 3 is 2.89 bits per heavy atom. The fraction of sp³-hybridized carbons (Fsp3) is 0.500. The monoisotopic (exact) mass is 289 g/mol. The van der Waals surface area contributed by atoms with Gasteiger partial charge in [0, 0.05) is 29.6 Å². The van der Waals surface area contributed by atoms with Gasteiger partial charge in [0.25, 0.3) is 0 Å². The molecule has 1 fully saturated rings. The van der Waals surface area contributed by atoms with Gasteiger partial charge in [0.05, 0.1) is 23.3 Å². The molecule has 0 saturated carbocycles. The Hall–Kier alpha value is -1.21. The van der Waals surface area contributed by atoms with Crippen LogP contribution in [0.4, 0.5) is 5.69 Å². The lowest BCUT2D eigenvalue weighted by Crippen LogP contribution is -2.26. The molecule has 98 valence electrons. The first-order chi connectivity index (χ1) is 8.37. The quantitative estimate of drug-likeness (QED) is 0.766. The summed E-state index contributed by atoms with van der Waals surface area (Å²) in [5.41, 5.74) is 1.31. The zero-order valence-electron chi connectivity index (χ0n) is 9.71. The van der Waals surface area contributed by atoms with Crippen LogP contribution in [0.3, 0.4) is 0 Å².